The Bertz CT molecular complexity index is 729. The number of anilines is 1. The Hall–Kier alpha value is -2.63. The van der Waals surface area contributed by atoms with Crippen molar-refractivity contribution >= 4 is 6.01 Å². The molecule has 2 aromatic heterocycles. The summed E-state index contributed by atoms with van der Waals surface area (Å²) in [6.45, 7) is 4.06. The molecule has 3 rings (SSSR count). The fourth-order valence-electron chi connectivity index (χ4n) is 2.03. The summed E-state index contributed by atoms with van der Waals surface area (Å²) in [5, 5.41) is 11.3. The van der Waals surface area contributed by atoms with Crippen LogP contribution in [0.4, 0.5) is 6.01 Å². The number of hydrogen-bond donors (Lipinski definition) is 1. The molecule has 0 aliphatic carbocycles. The second-order valence-corrected chi connectivity index (χ2v) is 5.10. The largest absolute Gasteiger partial charge is 0.331 e. The van der Waals surface area contributed by atoms with Crippen LogP contribution in [0.3, 0.4) is 0 Å². The zero-order valence-electron chi connectivity index (χ0n) is 12.2. The summed E-state index contributed by atoms with van der Waals surface area (Å²) in [5.74, 6) is 0.580. The van der Waals surface area contributed by atoms with Gasteiger partial charge in [-0.15, -0.1) is 0 Å². The molecule has 0 saturated carbocycles. The highest BCUT2D eigenvalue weighted by Crippen LogP contribution is 2.21. The van der Waals surface area contributed by atoms with Gasteiger partial charge in [0.1, 0.15) is 0 Å². The lowest BCUT2D eigenvalue weighted by molar-refractivity contribution is 0.429. The molecule has 0 fully saturated rings. The molecule has 1 aromatic carbocycles. The summed E-state index contributed by atoms with van der Waals surface area (Å²) >= 11 is 0. The van der Waals surface area contributed by atoms with E-state index in [9.17, 15) is 0 Å². The maximum absolute atomic E-state index is 5.25. The Morgan fingerprint density at radius 3 is 2.67 bits per heavy atom. The first kappa shape index (κ1) is 13.4. The third kappa shape index (κ3) is 2.94. The van der Waals surface area contributed by atoms with Crippen molar-refractivity contribution in [1.29, 1.82) is 0 Å². The van der Waals surface area contributed by atoms with E-state index in [1.807, 2.05) is 57.6 Å². The highest BCUT2D eigenvalue weighted by Gasteiger charge is 2.13. The van der Waals surface area contributed by atoms with Gasteiger partial charge in [0.25, 0.3) is 0 Å². The molecule has 0 bridgehead atoms. The minimum Gasteiger partial charge on any atom is -0.331 e. The molecule has 0 spiro atoms. The number of benzene rings is 1. The lowest BCUT2D eigenvalue weighted by atomic mass is 10.1. The van der Waals surface area contributed by atoms with Crippen LogP contribution in [-0.2, 0) is 7.05 Å². The molecule has 108 valence electrons. The van der Waals surface area contributed by atoms with E-state index >= 15 is 0 Å². The van der Waals surface area contributed by atoms with Crippen LogP contribution in [0.25, 0.3) is 11.4 Å². The van der Waals surface area contributed by atoms with Gasteiger partial charge in [-0.05, 0) is 13.8 Å². The number of hydrogen-bond acceptors (Lipinski definition) is 5. The fraction of sp³-hybridized carbons (Fsp3) is 0.267. The second-order valence-electron chi connectivity index (χ2n) is 5.10. The van der Waals surface area contributed by atoms with Crippen molar-refractivity contribution in [3.8, 4) is 11.4 Å². The van der Waals surface area contributed by atoms with Crippen LogP contribution in [0.5, 0.6) is 0 Å². The summed E-state index contributed by atoms with van der Waals surface area (Å²) in [6, 6.07) is 8.46. The van der Waals surface area contributed by atoms with Crippen molar-refractivity contribution in [3.05, 3.63) is 47.8 Å². The number of nitrogens with one attached hydrogen (secondary N) is 1. The van der Waals surface area contributed by atoms with E-state index in [2.05, 4.69) is 20.6 Å². The lowest BCUT2D eigenvalue weighted by Gasteiger charge is -2.08. The summed E-state index contributed by atoms with van der Waals surface area (Å²) in [5.41, 5.74) is 3.20. The van der Waals surface area contributed by atoms with Crippen LogP contribution in [0, 0.1) is 6.92 Å². The minimum absolute atomic E-state index is 0.0463. The first-order valence-corrected chi connectivity index (χ1v) is 6.77. The van der Waals surface area contributed by atoms with Gasteiger partial charge >= 0.3 is 6.01 Å². The highest BCUT2D eigenvalue weighted by molar-refractivity contribution is 5.55. The van der Waals surface area contributed by atoms with Gasteiger partial charge in [-0.3, -0.25) is 4.68 Å². The number of rotatable bonds is 4. The number of aryl methyl sites for hydroxylation is 2. The maximum Gasteiger partial charge on any atom is 0.322 e. The van der Waals surface area contributed by atoms with Gasteiger partial charge in [0.15, 0.2) is 0 Å². The van der Waals surface area contributed by atoms with Crippen LogP contribution >= 0.6 is 0 Å². The second kappa shape index (κ2) is 5.40. The predicted molar refractivity (Wildman–Crippen MR) is 79.7 cm³/mol. The van der Waals surface area contributed by atoms with E-state index < -0.39 is 0 Å². The molecule has 2 heterocycles. The van der Waals surface area contributed by atoms with E-state index in [1.165, 1.54) is 5.56 Å². The van der Waals surface area contributed by atoms with Gasteiger partial charge in [-0.2, -0.15) is 10.1 Å². The molecule has 0 saturated heterocycles. The van der Waals surface area contributed by atoms with Crippen molar-refractivity contribution in [2.45, 2.75) is 19.9 Å². The van der Waals surface area contributed by atoms with Gasteiger partial charge < -0.3 is 9.84 Å². The lowest BCUT2D eigenvalue weighted by Crippen LogP contribution is -2.05. The maximum atomic E-state index is 5.25. The summed E-state index contributed by atoms with van der Waals surface area (Å²) in [6.07, 6.45) is 3.77. The smallest absolute Gasteiger partial charge is 0.322 e. The zero-order valence-corrected chi connectivity index (χ0v) is 12.2. The van der Waals surface area contributed by atoms with E-state index in [0.29, 0.717) is 11.8 Å². The molecule has 0 aliphatic heterocycles. The monoisotopic (exact) mass is 283 g/mol. The molecule has 6 heteroatoms. The molecule has 1 N–H and O–H groups in total. The van der Waals surface area contributed by atoms with Crippen molar-refractivity contribution in [3.63, 3.8) is 0 Å². The Morgan fingerprint density at radius 1 is 1.24 bits per heavy atom. The van der Waals surface area contributed by atoms with Crippen LogP contribution in [0.2, 0.25) is 0 Å². The summed E-state index contributed by atoms with van der Waals surface area (Å²) < 4.78 is 7.01. The molecule has 1 unspecified atom stereocenters. The molecule has 0 aliphatic rings. The Balaban J connectivity index is 1.74. The molecule has 6 nitrogen and oxygen atoms in total. The first-order chi connectivity index (χ1) is 10.1. The molecule has 3 aromatic rings. The van der Waals surface area contributed by atoms with Crippen LogP contribution in [-0.4, -0.2) is 19.9 Å². The van der Waals surface area contributed by atoms with Gasteiger partial charge in [-0.1, -0.05) is 35.0 Å². The third-order valence-corrected chi connectivity index (χ3v) is 3.30. The molecule has 1 atom stereocenters. The van der Waals surface area contributed by atoms with Crippen molar-refractivity contribution in [2.75, 3.05) is 5.32 Å². The van der Waals surface area contributed by atoms with E-state index in [-0.39, 0.29) is 6.04 Å². The SMILES string of the molecule is Cc1ccc(-c2noc(NC(C)c3cnn(C)c3)n2)cc1. The third-order valence-electron chi connectivity index (χ3n) is 3.30. The topological polar surface area (TPSA) is 68.8 Å². The van der Waals surface area contributed by atoms with Crippen LogP contribution in [0.15, 0.2) is 41.2 Å². The standard InChI is InChI=1S/C15H17N5O/c1-10-4-6-12(7-5-10)14-18-15(21-19-14)17-11(2)13-8-16-20(3)9-13/h4-9,11H,1-3H3,(H,17,18,19). The quantitative estimate of drug-likeness (QED) is 0.797. The Morgan fingerprint density at radius 2 is 2.00 bits per heavy atom. The molecule has 21 heavy (non-hydrogen) atoms. The van der Waals surface area contributed by atoms with Gasteiger partial charge in [0.2, 0.25) is 5.82 Å². The molecule has 0 amide bonds. The Kier molecular flexibility index (Phi) is 3.43. The van der Waals surface area contributed by atoms with Crippen molar-refractivity contribution in [2.24, 2.45) is 7.05 Å². The fourth-order valence-corrected chi connectivity index (χ4v) is 2.03. The summed E-state index contributed by atoms with van der Waals surface area (Å²) in [7, 11) is 1.89. The van der Waals surface area contributed by atoms with Crippen molar-refractivity contribution in [1.82, 2.24) is 19.9 Å². The average Bonchev–Trinajstić information content (AvgIpc) is 3.09. The summed E-state index contributed by atoms with van der Waals surface area (Å²) in [4.78, 5) is 4.37. The minimum atomic E-state index is 0.0463. The Labute approximate surface area is 122 Å². The molecule has 0 radical (unpaired) electrons. The number of aromatic nitrogens is 4. The van der Waals surface area contributed by atoms with Gasteiger partial charge in [-0.25, -0.2) is 0 Å². The van der Waals surface area contributed by atoms with Crippen molar-refractivity contribution < 1.29 is 4.52 Å². The normalized spacial score (nSPS) is 12.3. The molecular weight excluding hydrogens is 266 g/mol. The number of nitrogens with zero attached hydrogens (tertiary/aromatic N) is 4. The van der Waals surface area contributed by atoms with Gasteiger partial charge in [0, 0.05) is 24.4 Å². The van der Waals surface area contributed by atoms with E-state index in [0.717, 1.165) is 11.1 Å². The van der Waals surface area contributed by atoms with Gasteiger partial charge in [0.05, 0.1) is 12.2 Å². The predicted octanol–water partition coefficient (Wildman–Crippen LogP) is 2.95. The van der Waals surface area contributed by atoms with Crippen LogP contribution < -0.4 is 5.32 Å². The first-order valence-electron chi connectivity index (χ1n) is 6.77. The highest BCUT2D eigenvalue weighted by atomic mass is 16.5. The molecular formula is C15H17N5O. The zero-order chi connectivity index (χ0) is 14.8. The van der Waals surface area contributed by atoms with E-state index in [1.54, 1.807) is 4.68 Å². The van der Waals surface area contributed by atoms with Crippen LogP contribution in [0.1, 0.15) is 24.1 Å². The van der Waals surface area contributed by atoms with E-state index in [4.69, 9.17) is 4.52 Å². The average molecular weight is 283 g/mol.